The summed E-state index contributed by atoms with van der Waals surface area (Å²) in [5.74, 6) is 1.76. The van der Waals surface area contributed by atoms with Crippen LogP contribution in [0.1, 0.15) is 18.4 Å². The molecule has 8 nitrogen and oxygen atoms in total. The number of aryl methyl sites for hydroxylation is 1. The number of pyridine rings is 1. The highest BCUT2D eigenvalue weighted by molar-refractivity contribution is 5.65. The molecule has 1 aliphatic rings. The summed E-state index contributed by atoms with van der Waals surface area (Å²) in [6.07, 6.45) is 3.58. The Morgan fingerprint density at radius 1 is 1.25 bits per heavy atom. The van der Waals surface area contributed by atoms with Gasteiger partial charge in [-0.1, -0.05) is 6.07 Å². The molecule has 2 aromatic heterocycles. The minimum atomic E-state index is -0.882. The highest BCUT2D eigenvalue weighted by Crippen LogP contribution is 2.20. The second-order valence-electron chi connectivity index (χ2n) is 5.67. The zero-order chi connectivity index (χ0) is 16.9. The van der Waals surface area contributed by atoms with Gasteiger partial charge in [0.2, 0.25) is 5.88 Å². The largest absolute Gasteiger partial charge is 0.474 e. The van der Waals surface area contributed by atoms with Crippen molar-refractivity contribution >= 4 is 17.7 Å². The Kier molecular flexibility index (Phi) is 4.74. The number of likely N-dealkylation sites (tertiary alicyclic amines) is 1. The van der Waals surface area contributed by atoms with Crippen molar-refractivity contribution in [2.45, 2.75) is 25.9 Å². The number of piperidine rings is 1. The molecule has 0 saturated carbocycles. The number of hydrogen-bond acceptors (Lipinski definition) is 6. The minimum absolute atomic E-state index is 0.0409. The van der Waals surface area contributed by atoms with Crippen LogP contribution in [0.5, 0.6) is 5.88 Å². The normalized spacial score (nSPS) is 15.1. The van der Waals surface area contributed by atoms with E-state index in [0.29, 0.717) is 43.4 Å². The summed E-state index contributed by atoms with van der Waals surface area (Å²) in [7, 11) is 0. The Morgan fingerprint density at radius 3 is 2.71 bits per heavy atom. The second-order valence-corrected chi connectivity index (χ2v) is 5.67. The molecule has 8 heteroatoms. The molecular weight excluding hydrogens is 310 g/mol. The van der Waals surface area contributed by atoms with Gasteiger partial charge in [-0.2, -0.15) is 0 Å². The molecule has 0 aliphatic carbocycles. The molecule has 1 amide bonds. The van der Waals surface area contributed by atoms with E-state index < -0.39 is 6.09 Å². The first kappa shape index (κ1) is 16.0. The van der Waals surface area contributed by atoms with Gasteiger partial charge in [0.15, 0.2) is 0 Å². The third-order valence-electron chi connectivity index (χ3n) is 3.81. The van der Waals surface area contributed by atoms with E-state index in [2.05, 4.69) is 20.3 Å². The molecule has 0 unspecified atom stereocenters. The van der Waals surface area contributed by atoms with Crippen molar-refractivity contribution in [1.29, 1.82) is 0 Å². The van der Waals surface area contributed by atoms with Crippen molar-refractivity contribution in [1.82, 2.24) is 19.9 Å². The number of rotatable bonds is 4. The van der Waals surface area contributed by atoms with Gasteiger partial charge >= 0.3 is 6.09 Å². The number of anilines is 2. The van der Waals surface area contributed by atoms with E-state index in [0.717, 1.165) is 5.56 Å². The number of nitrogens with one attached hydrogen (secondary N) is 1. The van der Waals surface area contributed by atoms with Gasteiger partial charge in [-0.05, 0) is 18.6 Å². The Bertz CT molecular complexity index is 699. The minimum Gasteiger partial charge on any atom is -0.474 e. The summed E-state index contributed by atoms with van der Waals surface area (Å²) >= 11 is 0. The summed E-state index contributed by atoms with van der Waals surface area (Å²) in [5.41, 5.74) is 1.08. The summed E-state index contributed by atoms with van der Waals surface area (Å²) < 4.78 is 5.85. The molecule has 2 aromatic rings. The molecular formula is C16H19N5O3. The van der Waals surface area contributed by atoms with E-state index in [1.165, 1.54) is 11.2 Å². The van der Waals surface area contributed by atoms with Crippen LogP contribution in [0, 0.1) is 6.92 Å². The van der Waals surface area contributed by atoms with Gasteiger partial charge in [-0.15, -0.1) is 0 Å². The van der Waals surface area contributed by atoms with Crippen molar-refractivity contribution < 1.29 is 14.6 Å². The lowest BCUT2D eigenvalue weighted by Crippen LogP contribution is -2.41. The Morgan fingerprint density at radius 2 is 2.04 bits per heavy atom. The van der Waals surface area contributed by atoms with E-state index in [-0.39, 0.29) is 6.10 Å². The Labute approximate surface area is 139 Å². The Balaban J connectivity index is 1.59. The van der Waals surface area contributed by atoms with Crippen LogP contribution in [0.2, 0.25) is 0 Å². The molecule has 1 fully saturated rings. The lowest BCUT2D eigenvalue weighted by molar-refractivity contribution is 0.0870. The smallest absolute Gasteiger partial charge is 0.407 e. The van der Waals surface area contributed by atoms with E-state index in [9.17, 15) is 4.79 Å². The average Bonchev–Trinajstić information content (AvgIpc) is 2.58. The fourth-order valence-corrected chi connectivity index (χ4v) is 2.48. The number of ether oxygens (including phenoxy) is 1. The van der Waals surface area contributed by atoms with Crippen molar-refractivity contribution in [3.8, 4) is 5.88 Å². The van der Waals surface area contributed by atoms with Crippen molar-refractivity contribution in [3.05, 3.63) is 36.3 Å². The van der Waals surface area contributed by atoms with E-state index in [4.69, 9.17) is 9.84 Å². The molecule has 24 heavy (non-hydrogen) atoms. The molecule has 3 rings (SSSR count). The van der Waals surface area contributed by atoms with E-state index in [1.807, 2.05) is 19.1 Å². The number of carbonyl (C=O) groups is 1. The number of nitrogens with zero attached hydrogens (tertiary/aromatic N) is 4. The van der Waals surface area contributed by atoms with Crippen LogP contribution in [0.3, 0.4) is 0 Å². The SMILES string of the molecule is Cc1ccc(Nc2cc(OC3CCN(C(=O)O)CC3)ncn2)nc1. The van der Waals surface area contributed by atoms with Gasteiger partial charge in [0.25, 0.3) is 0 Å². The van der Waals surface area contributed by atoms with Crippen molar-refractivity contribution in [3.63, 3.8) is 0 Å². The molecule has 1 aliphatic heterocycles. The fourth-order valence-electron chi connectivity index (χ4n) is 2.48. The molecule has 2 N–H and O–H groups in total. The van der Waals surface area contributed by atoms with Crippen LogP contribution in [-0.2, 0) is 0 Å². The van der Waals surface area contributed by atoms with E-state index >= 15 is 0 Å². The Hall–Kier alpha value is -2.90. The summed E-state index contributed by atoms with van der Waals surface area (Å²) in [4.78, 5) is 24.9. The molecule has 0 spiro atoms. The van der Waals surface area contributed by atoms with Crippen LogP contribution in [0.4, 0.5) is 16.4 Å². The monoisotopic (exact) mass is 329 g/mol. The molecule has 0 bridgehead atoms. The fraction of sp³-hybridized carbons (Fsp3) is 0.375. The number of aromatic nitrogens is 3. The van der Waals surface area contributed by atoms with Gasteiger partial charge in [0.05, 0.1) is 0 Å². The first-order chi connectivity index (χ1) is 11.6. The molecule has 0 aromatic carbocycles. The molecule has 0 atom stereocenters. The van der Waals surface area contributed by atoms with Crippen LogP contribution >= 0.6 is 0 Å². The predicted molar refractivity (Wildman–Crippen MR) is 87.5 cm³/mol. The highest BCUT2D eigenvalue weighted by atomic mass is 16.5. The van der Waals surface area contributed by atoms with Gasteiger partial charge in [0.1, 0.15) is 24.1 Å². The van der Waals surface area contributed by atoms with Gasteiger partial charge in [-0.25, -0.2) is 19.7 Å². The topological polar surface area (TPSA) is 100 Å². The number of amides is 1. The second kappa shape index (κ2) is 7.12. The van der Waals surface area contributed by atoms with E-state index in [1.54, 1.807) is 12.3 Å². The van der Waals surface area contributed by atoms with Crippen molar-refractivity contribution in [2.24, 2.45) is 0 Å². The zero-order valence-corrected chi connectivity index (χ0v) is 13.3. The van der Waals surface area contributed by atoms with Crippen LogP contribution in [0.15, 0.2) is 30.7 Å². The van der Waals surface area contributed by atoms with Gasteiger partial charge in [0, 0.05) is 38.2 Å². The third kappa shape index (κ3) is 4.09. The van der Waals surface area contributed by atoms with Gasteiger partial charge in [-0.3, -0.25) is 0 Å². The first-order valence-corrected chi connectivity index (χ1v) is 7.76. The zero-order valence-electron chi connectivity index (χ0n) is 13.3. The predicted octanol–water partition coefficient (Wildman–Crippen LogP) is 2.44. The van der Waals surface area contributed by atoms with Gasteiger partial charge < -0.3 is 20.1 Å². The standard InChI is InChI=1S/C16H19N5O3/c1-11-2-3-13(17-9-11)20-14-8-15(19-10-18-14)24-12-4-6-21(7-5-12)16(22)23/h2-3,8-10,12H,4-7H2,1H3,(H,22,23)(H,17,18,19,20). The van der Waals surface area contributed by atoms with Crippen LogP contribution < -0.4 is 10.1 Å². The molecule has 126 valence electrons. The molecule has 0 radical (unpaired) electrons. The molecule has 3 heterocycles. The highest BCUT2D eigenvalue weighted by Gasteiger charge is 2.23. The number of carboxylic acid groups (broad SMARTS) is 1. The lowest BCUT2D eigenvalue weighted by Gasteiger charge is -2.29. The summed E-state index contributed by atoms with van der Waals surface area (Å²) in [6.45, 7) is 2.93. The quantitative estimate of drug-likeness (QED) is 0.888. The maximum absolute atomic E-state index is 10.9. The lowest BCUT2D eigenvalue weighted by atomic mass is 10.1. The number of hydrogen-bond donors (Lipinski definition) is 2. The third-order valence-corrected chi connectivity index (χ3v) is 3.81. The van der Waals surface area contributed by atoms with Crippen LogP contribution in [-0.4, -0.2) is 50.2 Å². The maximum atomic E-state index is 10.9. The van der Waals surface area contributed by atoms with Crippen molar-refractivity contribution in [2.75, 3.05) is 18.4 Å². The summed E-state index contributed by atoms with van der Waals surface area (Å²) in [6, 6.07) is 5.55. The molecule has 1 saturated heterocycles. The maximum Gasteiger partial charge on any atom is 0.407 e. The summed E-state index contributed by atoms with van der Waals surface area (Å²) in [5, 5.41) is 12.1. The first-order valence-electron chi connectivity index (χ1n) is 7.76. The average molecular weight is 329 g/mol. The van der Waals surface area contributed by atoms with Crippen LogP contribution in [0.25, 0.3) is 0 Å².